The van der Waals surface area contributed by atoms with Gasteiger partial charge in [-0.05, 0) is 43.0 Å². The first-order valence-corrected chi connectivity index (χ1v) is 8.01. The lowest BCUT2D eigenvalue weighted by Gasteiger charge is -2.04. The summed E-state index contributed by atoms with van der Waals surface area (Å²) in [7, 11) is 0. The number of aryl methyl sites for hydroxylation is 1. The van der Waals surface area contributed by atoms with Crippen LogP contribution in [0.3, 0.4) is 0 Å². The molecule has 2 heterocycles. The van der Waals surface area contributed by atoms with E-state index in [2.05, 4.69) is 20.5 Å². The van der Waals surface area contributed by atoms with Gasteiger partial charge >= 0.3 is 0 Å². The number of benzene rings is 1. The molecule has 7 heteroatoms. The highest BCUT2D eigenvalue weighted by atomic mass is 32.1. The average Bonchev–Trinajstić information content (AvgIpc) is 3.18. The van der Waals surface area contributed by atoms with E-state index in [0.29, 0.717) is 17.2 Å². The fraction of sp³-hybridized carbons (Fsp3) is 0.267. The fourth-order valence-corrected chi connectivity index (χ4v) is 3.60. The molecule has 1 amide bonds. The Balaban J connectivity index is 1.50. The lowest BCUT2D eigenvalue weighted by molar-refractivity contribution is 0.0950. The first-order chi connectivity index (χ1) is 10.7. The lowest BCUT2D eigenvalue weighted by atomic mass is 10.1. The van der Waals surface area contributed by atoms with Crippen molar-refractivity contribution >= 4 is 32.6 Å². The molecule has 4 N–H and O–H groups in total. The molecule has 112 valence electrons. The number of thiazole rings is 1. The monoisotopic (exact) mass is 313 g/mol. The zero-order chi connectivity index (χ0) is 15.1. The van der Waals surface area contributed by atoms with E-state index in [1.54, 1.807) is 12.1 Å². The van der Waals surface area contributed by atoms with Crippen LogP contribution >= 0.6 is 11.3 Å². The topological polar surface area (TPSA) is 96.7 Å². The van der Waals surface area contributed by atoms with E-state index >= 15 is 0 Å². The van der Waals surface area contributed by atoms with Crippen molar-refractivity contribution in [3.8, 4) is 0 Å². The van der Waals surface area contributed by atoms with Gasteiger partial charge in [-0.25, -0.2) is 4.98 Å². The van der Waals surface area contributed by atoms with Crippen molar-refractivity contribution in [2.45, 2.75) is 25.8 Å². The highest BCUT2D eigenvalue weighted by molar-refractivity contribution is 7.22. The van der Waals surface area contributed by atoms with Crippen molar-refractivity contribution in [2.75, 3.05) is 5.73 Å². The predicted octanol–water partition coefficient (Wildman–Crippen LogP) is 2.02. The third kappa shape index (κ3) is 2.23. The second-order valence-corrected chi connectivity index (χ2v) is 6.46. The number of carbonyl (C=O) groups is 1. The summed E-state index contributed by atoms with van der Waals surface area (Å²) >= 11 is 1.42. The first kappa shape index (κ1) is 13.3. The number of hydrogen-bond acceptors (Lipinski definition) is 5. The maximum absolute atomic E-state index is 12.3. The zero-order valence-electron chi connectivity index (χ0n) is 11.8. The van der Waals surface area contributed by atoms with Crippen molar-refractivity contribution in [1.82, 2.24) is 20.5 Å². The number of aromatic amines is 1. The predicted molar refractivity (Wildman–Crippen MR) is 85.8 cm³/mol. The van der Waals surface area contributed by atoms with Crippen LogP contribution in [0.5, 0.6) is 0 Å². The standard InChI is InChI=1S/C15H15N5OS/c16-15-18-11-6-8(4-5-13(11)22-15)14(21)17-7-12-9-2-1-3-10(9)19-20-12/h4-6H,1-3,7H2,(H2,16,18)(H,17,21)(H,19,20). The van der Waals surface area contributed by atoms with Crippen molar-refractivity contribution in [3.63, 3.8) is 0 Å². The minimum Gasteiger partial charge on any atom is -0.375 e. The van der Waals surface area contributed by atoms with Crippen LogP contribution in [0, 0.1) is 0 Å². The molecule has 1 aliphatic carbocycles. The van der Waals surface area contributed by atoms with Crippen LogP contribution in [0.15, 0.2) is 18.2 Å². The largest absolute Gasteiger partial charge is 0.375 e. The number of rotatable bonds is 3. The average molecular weight is 313 g/mol. The van der Waals surface area contributed by atoms with Gasteiger partial charge in [0.2, 0.25) is 0 Å². The highest BCUT2D eigenvalue weighted by Gasteiger charge is 2.18. The van der Waals surface area contributed by atoms with E-state index < -0.39 is 0 Å². The van der Waals surface area contributed by atoms with Crippen LogP contribution < -0.4 is 11.1 Å². The van der Waals surface area contributed by atoms with Gasteiger partial charge in [0.1, 0.15) is 0 Å². The molecule has 4 rings (SSSR count). The van der Waals surface area contributed by atoms with E-state index in [1.165, 1.54) is 22.6 Å². The minimum atomic E-state index is -0.122. The maximum Gasteiger partial charge on any atom is 0.251 e. The van der Waals surface area contributed by atoms with Gasteiger partial charge < -0.3 is 11.1 Å². The van der Waals surface area contributed by atoms with E-state index in [9.17, 15) is 4.79 Å². The molecule has 1 aliphatic rings. The molecule has 6 nitrogen and oxygen atoms in total. The molecular formula is C15H15N5OS. The Morgan fingerprint density at radius 1 is 1.41 bits per heavy atom. The van der Waals surface area contributed by atoms with Gasteiger partial charge in [-0.15, -0.1) is 0 Å². The molecule has 3 aromatic rings. The number of nitrogens with zero attached hydrogens (tertiary/aromatic N) is 2. The van der Waals surface area contributed by atoms with Crippen LogP contribution in [-0.4, -0.2) is 21.1 Å². The lowest BCUT2D eigenvalue weighted by Crippen LogP contribution is -2.23. The van der Waals surface area contributed by atoms with Gasteiger partial charge in [0, 0.05) is 11.3 Å². The van der Waals surface area contributed by atoms with Gasteiger partial charge in [0.15, 0.2) is 5.13 Å². The second kappa shape index (κ2) is 5.10. The smallest absolute Gasteiger partial charge is 0.251 e. The number of H-pyrrole nitrogens is 1. The van der Waals surface area contributed by atoms with Gasteiger partial charge in [0.25, 0.3) is 5.91 Å². The van der Waals surface area contributed by atoms with Gasteiger partial charge in [-0.2, -0.15) is 5.10 Å². The number of aromatic nitrogens is 3. The molecule has 0 unspecified atom stereocenters. The molecule has 2 aromatic heterocycles. The number of carbonyl (C=O) groups excluding carboxylic acids is 1. The number of amides is 1. The third-order valence-electron chi connectivity index (χ3n) is 3.97. The molecule has 0 atom stereocenters. The van der Waals surface area contributed by atoms with Crippen LogP contribution in [-0.2, 0) is 19.4 Å². The van der Waals surface area contributed by atoms with Crippen LogP contribution in [0.4, 0.5) is 5.13 Å². The number of nitrogen functional groups attached to an aromatic ring is 1. The molecule has 0 fully saturated rings. The number of nitrogens with two attached hydrogens (primary N) is 1. The molecule has 0 saturated heterocycles. The molecular weight excluding hydrogens is 298 g/mol. The summed E-state index contributed by atoms with van der Waals surface area (Å²) in [5.74, 6) is -0.122. The Hall–Kier alpha value is -2.41. The third-order valence-corrected chi connectivity index (χ3v) is 4.84. The summed E-state index contributed by atoms with van der Waals surface area (Å²) in [5, 5.41) is 10.8. The van der Waals surface area contributed by atoms with E-state index in [-0.39, 0.29) is 5.91 Å². The number of anilines is 1. The van der Waals surface area contributed by atoms with Gasteiger partial charge in [0.05, 0.1) is 22.5 Å². The van der Waals surface area contributed by atoms with Crippen molar-refractivity contribution in [1.29, 1.82) is 0 Å². The summed E-state index contributed by atoms with van der Waals surface area (Å²) in [5.41, 5.74) is 10.5. The Bertz CT molecular complexity index is 866. The quantitative estimate of drug-likeness (QED) is 0.689. The van der Waals surface area contributed by atoms with Crippen molar-refractivity contribution in [2.24, 2.45) is 0 Å². The summed E-state index contributed by atoms with van der Waals surface area (Å²) in [4.78, 5) is 16.5. The molecule has 22 heavy (non-hydrogen) atoms. The second-order valence-electron chi connectivity index (χ2n) is 5.40. The Morgan fingerprint density at radius 2 is 2.32 bits per heavy atom. The normalized spacial score (nSPS) is 13.5. The highest BCUT2D eigenvalue weighted by Crippen LogP contribution is 2.25. The fourth-order valence-electron chi connectivity index (χ4n) is 2.89. The molecule has 0 saturated carbocycles. The van der Waals surface area contributed by atoms with Crippen molar-refractivity contribution < 1.29 is 4.79 Å². The first-order valence-electron chi connectivity index (χ1n) is 7.20. The minimum absolute atomic E-state index is 0.122. The Labute approximate surface area is 130 Å². The molecule has 0 aliphatic heterocycles. The molecule has 0 bridgehead atoms. The van der Waals surface area contributed by atoms with Crippen LogP contribution in [0.2, 0.25) is 0 Å². The van der Waals surface area contributed by atoms with Crippen LogP contribution in [0.25, 0.3) is 10.2 Å². The van der Waals surface area contributed by atoms with Gasteiger partial charge in [-0.3, -0.25) is 9.89 Å². The Morgan fingerprint density at radius 3 is 3.23 bits per heavy atom. The molecule has 0 spiro atoms. The molecule has 1 aromatic carbocycles. The summed E-state index contributed by atoms with van der Waals surface area (Å²) in [6.07, 6.45) is 3.26. The maximum atomic E-state index is 12.3. The van der Waals surface area contributed by atoms with Crippen molar-refractivity contribution in [3.05, 3.63) is 40.7 Å². The van der Waals surface area contributed by atoms with E-state index in [4.69, 9.17) is 5.73 Å². The SMILES string of the molecule is Nc1nc2cc(C(=O)NCc3n[nH]c4c3CCC4)ccc2s1. The van der Waals surface area contributed by atoms with E-state index in [1.807, 2.05) is 6.07 Å². The summed E-state index contributed by atoms with van der Waals surface area (Å²) < 4.78 is 0.985. The van der Waals surface area contributed by atoms with E-state index in [0.717, 1.165) is 35.2 Å². The summed E-state index contributed by atoms with van der Waals surface area (Å²) in [6, 6.07) is 5.45. The number of hydrogen-bond donors (Lipinski definition) is 3. The number of fused-ring (bicyclic) bond motifs is 2. The van der Waals surface area contributed by atoms with Gasteiger partial charge in [-0.1, -0.05) is 11.3 Å². The zero-order valence-corrected chi connectivity index (χ0v) is 12.7. The summed E-state index contributed by atoms with van der Waals surface area (Å²) in [6.45, 7) is 0.446. The Kier molecular flexibility index (Phi) is 3.07. The molecule has 0 radical (unpaired) electrons. The number of nitrogens with one attached hydrogen (secondary N) is 2. The van der Waals surface area contributed by atoms with Crippen LogP contribution in [0.1, 0.15) is 33.7 Å².